The summed E-state index contributed by atoms with van der Waals surface area (Å²) in [6.45, 7) is 2.78. The van der Waals surface area contributed by atoms with Crippen LogP contribution in [0.1, 0.15) is 33.5 Å². The number of benzene rings is 2. The first kappa shape index (κ1) is 21.9. The second-order valence-electron chi connectivity index (χ2n) is 6.25. The number of thioether (sulfide) groups is 1. The number of Topliss-reactive ketones (excluding diaryl/α,β-unsaturated/α-hetero) is 1. The number of ketones is 1. The molecule has 0 spiro atoms. The summed E-state index contributed by atoms with van der Waals surface area (Å²) < 4.78 is 6.98. The zero-order valence-corrected chi connectivity index (χ0v) is 18.2. The fourth-order valence-corrected chi connectivity index (χ4v) is 3.90. The van der Waals surface area contributed by atoms with Gasteiger partial charge in [-0.3, -0.25) is 9.59 Å². The largest absolute Gasteiger partial charge is 0.497 e. The van der Waals surface area contributed by atoms with Crippen molar-refractivity contribution in [3.8, 4) is 5.75 Å². The predicted octanol–water partition coefficient (Wildman–Crippen LogP) is 3.87. The molecular weight excluding hydrogens is 424 g/mol. The molecule has 0 fully saturated rings. The molecule has 0 atom stereocenters. The van der Waals surface area contributed by atoms with Crippen molar-refractivity contribution in [1.82, 2.24) is 20.1 Å². The van der Waals surface area contributed by atoms with Gasteiger partial charge in [-0.1, -0.05) is 35.5 Å². The van der Waals surface area contributed by atoms with E-state index in [1.165, 1.54) is 11.8 Å². The molecule has 30 heavy (non-hydrogen) atoms. The third kappa shape index (κ3) is 5.20. The van der Waals surface area contributed by atoms with Crippen LogP contribution in [0.25, 0.3) is 0 Å². The van der Waals surface area contributed by atoms with Gasteiger partial charge in [0.05, 0.1) is 30.0 Å². The van der Waals surface area contributed by atoms with E-state index in [1.807, 2.05) is 11.5 Å². The Bertz CT molecular complexity index is 1040. The van der Waals surface area contributed by atoms with Crippen molar-refractivity contribution >= 4 is 35.1 Å². The Hall–Kier alpha value is -2.84. The van der Waals surface area contributed by atoms with E-state index in [0.29, 0.717) is 39.4 Å². The summed E-state index contributed by atoms with van der Waals surface area (Å²) in [5.74, 6) is 1.25. The van der Waals surface area contributed by atoms with Crippen LogP contribution in [0.3, 0.4) is 0 Å². The smallest absolute Gasteiger partial charge is 0.253 e. The SMILES string of the molecule is CCn1c(CNC(=O)c2ccccc2Cl)nnc1SCC(=O)c1ccc(OC)cc1. The molecule has 0 unspecified atom stereocenters. The van der Waals surface area contributed by atoms with Crippen molar-refractivity contribution in [1.29, 1.82) is 0 Å². The average molecular weight is 445 g/mol. The van der Waals surface area contributed by atoms with E-state index in [-0.39, 0.29) is 24.0 Å². The van der Waals surface area contributed by atoms with Gasteiger partial charge in [0, 0.05) is 12.1 Å². The molecule has 0 aliphatic heterocycles. The minimum atomic E-state index is -0.282. The van der Waals surface area contributed by atoms with E-state index >= 15 is 0 Å². The maximum Gasteiger partial charge on any atom is 0.253 e. The molecule has 0 radical (unpaired) electrons. The van der Waals surface area contributed by atoms with Crippen LogP contribution in [0.5, 0.6) is 5.75 Å². The van der Waals surface area contributed by atoms with Crippen molar-refractivity contribution in [3.05, 3.63) is 70.5 Å². The first-order valence-corrected chi connectivity index (χ1v) is 10.6. The molecule has 0 bridgehead atoms. The summed E-state index contributed by atoms with van der Waals surface area (Å²) in [6.07, 6.45) is 0. The van der Waals surface area contributed by atoms with E-state index in [1.54, 1.807) is 55.6 Å². The molecule has 3 rings (SSSR count). The van der Waals surface area contributed by atoms with E-state index in [9.17, 15) is 9.59 Å². The van der Waals surface area contributed by atoms with Crippen LogP contribution >= 0.6 is 23.4 Å². The van der Waals surface area contributed by atoms with Crippen molar-refractivity contribution in [3.63, 3.8) is 0 Å². The van der Waals surface area contributed by atoms with Gasteiger partial charge in [0.2, 0.25) is 0 Å². The van der Waals surface area contributed by atoms with Gasteiger partial charge in [-0.25, -0.2) is 0 Å². The Balaban J connectivity index is 1.61. The van der Waals surface area contributed by atoms with Gasteiger partial charge in [0.25, 0.3) is 5.91 Å². The lowest BCUT2D eigenvalue weighted by Crippen LogP contribution is -2.25. The number of halogens is 1. The van der Waals surface area contributed by atoms with Crippen molar-refractivity contribution in [2.45, 2.75) is 25.2 Å². The summed E-state index contributed by atoms with van der Waals surface area (Å²) >= 11 is 7.38. The highest BCUT2D eigenvalue weighted by atomic mass is 35.5. The highest BCUT2D eigenvalue weighted by Gasteiger charge is 2.16. The van der Waals surface area contributed by atoms with Gasteiger partial charge in [-0.05, 0) is 43.3 Å². The normalized spacial score (nSPS) is 10.6. The van der Waals surface area contributed by atoms with Crippen molar-refractivity contribution in [2.75, 3.05) is 12.9 Å². The molecule has 9 heteroatoms. The van der Waals surface area contributed by atoms with Crippen LogP contribution in [0.4, 0.5) is 0 Å². The van der Waals surface area contributed by atoms with Crippen LogP contribution < -0.4 is 10.1 Å². The van der Waals surface area contributed by atoms with Crippen LogP contribution in [0.15, 0.2) is 53.7 Å². The topological polar surface area (TPSA) is 86.1 Å². The van der Waals surface area contributed by atoms with E-state index in [4.69, 9.17) is 16.3 Å². The maximum atomic E-state index is 12.4. The summed E-state index contributed by atoms with van der Waals surface area (Å²) in [6, 6.07) is 13.8. The summed E-state index contributed by atoms with van der Waals surface area (Å²) in [5, 5.41) is 12.2. The Morgan fingerprint density at radius 1 is 1.13 bits per heavy atom. The molecule has 156 valence electrons. The lowest BCUT2D eigenvalue weighted by Gasteiger charge is -2.09. The Labute approximate surface area is 183 Å². The van der Waals surface area contributed by atoms with Crippen molar-refractivity contribution in [2.24, 2.45) is 0 Å². The number of amides is 1. The molecule has 1 heterocycles. The number of methoxy groups -OCH3 is 1. The quantitative estimate of drug-likeness (QED) is 0.398. The summed E-state index contributed by atoms with van der Waals surface area (Å²) in [5.41, 5.74) is 1.01. The van der Waals surface area contributed by atoms with E-state index < -0.39 is 0 Å². The Morgan fingerprint density at radius 2 is 1.87 bits per heavy atom. The first-order chi connectivity index (χ1) is 14.5. The highest BCUT2D eigenvalue weighted by molar-refractivity contribution is 7.99. The molecule has 0 saturated carbocycles. The van der Waals surface area contributed by atoms with Gasteiger partial charge in [0.1, 0.15) is 5.75 Å². The monoisotopic (exact) mass is 444 g/mol. The molecule has 1 amide bonds. The molecule has 3 aromatic rings. The number of aromatic nitrogens is 3. The zero-order chi connectivity index (χ0) is 21.5. The van der Waals surface area contributed by atoms with Gasteiger partial charge in [-0.15, -0.1) is 10.2 Å². The molecule has 0 aliphatic carbocycles. The van der Waals surface area contributed by atoms with Gasteiger partial charge >= 0.3 is 0 Å². The minimum absolute atomic E-state index is 0.0121. The summed E-state index contributed by atoms with van der Waals surface area (Å²) in [4.78, 5) is 24.8. The number of ether oxygens (including phenoxy) is 1. The lowest BCUT2D eigenvalue weighted by atomic mass is 10.1. The van der Waals surface area contributed by atoms with Gasteiger partial charge < -0.3 is 14.6 Å². The number of rotatable bonds is 9. The van der Waals surface area contributed by atoms with Crippen LogP contribution in [-0.4, -0.2) is 39.3 Å². The Kier molecular flexibility index (Phi) is 7.48. The number of nitrogens with one attached hydrogen (secondary N) is 1. The molecule has 1 aromatic heterocycles. The third-order valence-corrected chi connectivity index (χ3v) is 5.68. The van der Waals surface area contributed by atoms with Crippen LogP contribution in [-0.2, 0) is 13.1 Å². The highest BCUT2D eigenvalue weighted by Crippen LogP contribution is 2.20. The maximum absolute atomic E-state index is 12.4. The Morgan fingerprint density at radius 3 is 2.53 bits per heavy atom. The first-order valence-electron chi connectivity index (χ1n) is 9.28. The molecule has 2 aromatic carbocycles. The number of hydrogen-bond acceptors (Lipinski definition) is 6. The number of nitrogens with zero attached hydrogens (tertiary/aromatic N) is 3. The lowest BCUT2D eigenvalue weighted by molar-refractivity contribution is 0.0948. The van der Waals surface area contributed by atoms with Gasteiger partial charge in [-0.2, -0.15) is 0 Å². The number of carbonyl (C=O) groups excluding carboxylic acids is 2. The molecule has 0 aliphatic rings. The standard InChI is InChI=1S/C21H21ClN4O3S/c1-3-26-19(12-23-20(28)16-6-4-5-7-17(16)22)24-25-21(26)30-13-18(27)14-8-10-15(29-2)11-9-14/h4-11H,3,12-13H2,1-2H3,(H,23,28). The van der Waals surface area contributed by atoms with Crippen molar-refractivity contribution < 1.29 is 14.3 Å². The van der Waals surface area contributed by atoms with Gasteiger partial charge in [0.15, 0.2) is 16.8 Å². The van der Waals surface area contributed by atoms with Crippen LogP contribution in [0, 0.1) is 0 Å². The number of carbonyl (C=O) groups is 2. The molecular formula is C21H21ClN4O3S. The molecule has 7 nitrogen and oxygen atoms in total. The third-order valence-electron chi connectivity index (χ3n) is 4.38. The fraction of sp³-hybridized carbons (Fsp3) is 0.238. The fourth-order valence-electron chi connectivity index (χ4n) is 2.76. The van der Waals surface area contributed by atoms with E-state index in [2.05, 4.69) is 15.5 Å². The minimum Gasteiger partial charge on any atom is -0.497 e. The average Bonchev–Trinajstić information content (AvgIpc) is 3.18. The zero-order valence-electron chi connectivity index (χ0n) is 16.6. The van der Waals surface area contributed by atoms with E-state index in [0.717, 1.165) is 0 Å². The second kappa shape index (κ2) is 10.3. The molecule has 1 N–H and O–H groups in total. The van der Waals surface area contributed by atoms with Crippen LogP contribution in [0.2, 0.25) is 5.02 Å². The second-order valence-corrected chi connectivity index (χ2v) is 7.60. The molecule has 0 saturated heterocycles. The summed E-state index contributed by atoms with van der Waals surface area (Å²) in [7, 11) is 1.58. The predicted molar refractivity (Wildman–Crippen MR) is 116 cm³/mol. The number of hydrogen-bond donors (Lipinski definition) is 1.